The van der Waals surface area contributed by atoms with Crippen molar-refractivity contribution in [1.29, 1.82) is 0 Å². The Hall–Kier alpha value is -2.31. The second-order valence-corrected chi connectivity index (χ2v) is 7.45. The van der Waals surface area contributed by atoms with Crippen molar-refractivity contribution in [2.24, 2.45) is 0 Å². The maximum Gasteiger partial charge on any atom is 0.143 e. The van der Waals surface area contributed by atoms with Gasteiger partial charge in [0.25, 0.3) is 0 Å². The van der Waals surface area contributed by atoms with Gasteiger partial charge in [-0.25, -0.2) is 4.98 Å². The first kappa shape index (κ1) is 16.8. The highest BCUT2D eigenvalue weighted by atomic mass is 16.5. The Kier molecular flexibility index (Phi) is 4.59. The highest BCUT2D eigenvalue weighted by molar-refractivity contribution is 5.73. The lowest BCUT2D eigenvalue weighted by Crippen LogP contribution is -2.37. The molecule has 0 radical (unpaired) electrons. The number of benzene rings is 1. The summed E-state index contributed by atoms with van der Waals surface area (Å²) in [6.45, 7) is 6.07. The number of morpholine rings is 1. The smallest absolute Gasteiger partial charge is 0.143 e. The van der Waals surface area contributed by atoms with Gasteiger partial charge in [0.1, 0.15) is 18.2 Å². The molecule has 0 spiro atoms. The normalized spacial score (nSPS) is 20.1. The third-order valence-corrected chi connectivity index (χ3v) is 5.82. The van der Waals surface area contributed by atoms with E-state index < -0.39 is 0 Å². The van der Waals surface area contributed by atoms with E-state index in [4.69, 9.17) is 9.47 Å². The van der Waals surface area contributed by atoms with Gasteiger partial charge in [0.05, 0.1) is 24.5 Å². The Morgan fingerprint density at radius 2 is 1.93 bits per heavy atom. The van der Waals surface area contributed by atoms with Crippen LogP contribution in [0.1, 0.15) is 29.9 Å². The Morgan fingerprint density at radius 3 is 2.78 bits per heavy atom. The van der Waals surface area contributed by atoms with Crippen LogP contribution in [0.15, 0.2) is 30.5 Å². The SMILES string of the molecule is c1cc(N2CCOCC2)c2c(n1)Nc1cc(C3CCNCC3)ccc1OC2. The molecule has 27 heavy (non-hydrogen) atoms. The summed E-state index contributed by atoms with van der Waals surface area (Å²) in [4.78, 5) is 6.98. The lowest BCUT2D eigenvalue weighted by Gasteiger charge is -2.30. The minimum absolute atomic E-state index is 0.530. The molecule has 6 nitrogen and oxygen atoms in total. The molecule has 6 heteroatoms. The maximum atomic E-state index is 6.18. The molecular formula is C21H26N4O2. The first-order valence-electron chi connectivity index (χ1n) is 9.93. The number of ether oxygens (including phenoxy) is 2. The minimum atomic E-state index is 0.530. The van der Waals surface area contributed by atoms with Crippen molar-refractivity contribution in [2.45, 2.75) is 25.4 Å². The highest BCUT2D eigenvalue weighted by Crippen LogP contribution is 2.39. The summed E-state index contributed by atoms with van der Waals surface area (Å²) >= 11 is 0. The number of pyridine rings is 1. The van der Waals surface area contributed by atoms with E-state index in [0.29, 0.717) is 12.5 Å². The predicted molar refractivity (Wildman–Crippen MR) is 106 cm³/mol. The van der Waals surface area contributed by atoms with E-state index >= 15 is 0 Å². The second kappa shape index (κ2) is 7.37. The van der Waals surface area contributed by atoms with Crippen molar-refractivity contribution in [3.63, 3.8) is 0 Å². The zero-order valence-electron chi connectivity index (χ0n) is 15.5. The fourth-order valence-corrected chi connectivity index (χ4v) is 4.29. The molecule has 2 N–H and O–H groups in total. The molecule has 5 rings (SSSR count). The molecule has 0 bridgehead atoms. The van der Waals surface area contributed by atoms with Gasteiger partial charge in [-0.3, -0.25) is 0 Å². The number of nitrogens with one attached hydrogen (secondary N) is 2. The van der Waals surface area contributed by atoms with Crippen molar-refractivity contribution in [1.82, 2.24) is 10.3 Å². The molecule has 0 aliphatic carbocycles. The predicted octanol–water partition coefficient (Wildman–Crippen LogP) is 3.02. The van der Waals surface area contributed by atoms with Gasteiger partial charge in [-0.2, -0.15) is 0 Å². The van der Waals surface area contributed by atoms with Crippen molar-refractivity contribution < 1.29 is 9.47 Å². The number of nitrogens with zero attached hydrogens (tertiary/aromatic N) is 2. The van der Waals surface area contributed by atoms with Gasteiger partial charge in [-0.05, 0) is 55.6 Å². The van der Waals surface area contributed by atoms with Gasteiger partial charge >= 0.3 is 0 Å². The summed E-state index contributed by atoms with van der Waals surface area (Å²) in [7, 11) is 0. The molecule has 0 unspecified atom stereocenters. The van der Waals surface area contributed by atoms with Gasteiger partial charge in [-0.15, -0.1) is 0 Å². The maximum absolute atomic E-state index is 6.18. The van der Waals surface area contributed by atoms with Crippen LogP contribution in [0.5, 0.6) is 5.75 Å². The average molecular weight is 366 g/mol. The first-order valence-corrected chi connectivity index (χ1v) is 9.93. The Balaban J connectivity index is 1.45. The quantitative estimate of drug-likeness (QED) is 0.852. The molecule has 2 aromatic rings. The van der Waals surface area contributed by atoms with Crippen LogP contribution in [0.25, 0.3) is 0 Å². The van der Waals surface area contributed by atoms with Gasteiger partial charge in [0, 0.05) is 25.0 Å². The van der Waals surface area contributed by atoms with Crippen LogP contribution in [-0.4, -0.2) is 44.4 Å². The van der Waals surface area contributed by atoms with Crippen LogP contribution in [0.4, 0.5) is 17.2 Å². The Morgan fingerprint density at radius 1 is 1.07 bits per heavy atom. The first-order chi connectivity index (χ1) is 13.4. The van der Waals surface area contributed by atoms with Crippen LogP contribution in [0.3, 0.4) is 0 Å². The molecule has 0 atom stereocenters. The monoisotopic (exact) mass is 366 g/mol. The van der Waals surface area contributed by atoms with Crippen LogP contribution in [0, 0.1) is 0 Å². The van der Waals surface area contributed by atoms with Gasteiger partial charge in [-0.1, -0.05) is 6.07 Å². The molecule has 0 amide bonds. The fourth-order valence-electron chi connectivity index (χ4n) is 4.29. The van der Waals surface area contributed by atoms with E-state index in [1.165, 1.54) is 24.1 Å². The van der Waals surface area contributed by atoms with Crippen LogP contribution in [0.2, 0.25) is 0 Å². The van der Waals surface area contributed by atoms with Gasteiger partial charge < -0.3 is 25.0 Å². The van der Waals surface area contributed by atoms with E-state index in [9.17, 15) is 0 Å². The van der Waals surface area contributed by atoms with Crippen molar-refractivity contribution in [2.75, 3.05) is 49.6 Å². The molecule has 2 fully saturated rings. The number of fused-ring (bicyclic) bond motifs is 2. The summed E-state index contributed by atoms with van der Waals surface area (Å²) in [5, 5.41) is 7.00. The van der Waals surface area contributed by atoms with E-state index in [1.54, 1.807) is 0 Å². The molecule has 2 saturated heterocycles. The topological polar surface area (TPSA) is 58.7 Å². The summed E-state index contributed by atoms with van der Waals surface area (Å²) in [6, 6.07) is 8.68. The third-order valence-electron chi connectivity index (χ3n) is 5.82. The zero-order chi connectivity index (χ0) is 18.1. The minimum Gasteiger partial charge on any atom is -0.487 e. The van der Waals surface area contributed by atoms with Crippen molar-refractivity contribution in [3.8, 4) is 5.75 Å². The lowest BCUT2D eigenvalue weighted by atomic mass is 9.90. The number of hydrogen-bond donors (Lipinski definition) is 2. The van der Waals surface area contributed by atoms with Gasteiger partial charge in [0.2, 0.25) is 0 Å². The highest BCUT2D eigenvalue weighted by Gasteiger charge is 2.23. The largest absolute Gasteiger partial charge is 0.487 e. The van der Waals surface area contributed by atoms with E-state index in [1.807, 2.05) is 6.20 Å². The van der Waals surface area contributed by atoms with E-state index in [0.717, 1.165) is 62.2 Å². The molecule has 4 heterocycles. The summed E-state index contributed by atoms with van der Waals surface area (Å²) in [6.07, 6.45) is 4.27. The molecular weight excluding hydrogens is 340 g/mol. The van der Waals surface area contributed by atoms with E-state index in [2.05, 4.69) is 44.8 Å². The molecule has 0 saturated carbocycles. The third kappa shape index (κ3) is 3.35. The zero-order valence-corrected chi connectivity index (χ0v) is 15.5. The summed E-state index contributed by atoms with van der Waals surface area (Å²) in [5.41, 5.74) is 4.73. The number of piperidine rings is 1. The molecule has 3 aliphatic rings. The van der Waals surface area contributed by atoms with E-state index in [-0.39, 0.29) is 0 Å². The average Bonchev–Trinajstić information content (AvgIpc) is 2.93. The molecule has 3 aliphatic heterocycles. The lowest BCUT2D eigenvalue weighted by molar-refractivity contribution is 0.122. The van der Waals surface area contributed by atoms with Crippen LogP contribution >= 0.6 is 0 Å². The van der Waals surface area contributed by atoms with Crippen LogP contribution < -0.4 is 20.3 Å². The van der Waals surface area contributed by atoms with Crippen molar-refractivity contribution >= 4 is 17.2 Å². The standard InChI is InChI=1S/C21H26N4O2/c1-2-20-18(13-16(1)15-3-6-22-7-4-15)24-21-17(14-27-20)19(5-8-23-21)25-9-11-26-12-10-25/h1-2,5,8,13,15,22H,3-4,6-7,9-12,14H2,(H,23,24). The Bertz CT molecular complexity index is 814. The molecule has 1 aromatic carbocycles. The van der Waals surface area contributed by atoms with Crippen molar-refractivity contribution in [3.05, 3.63) is 41.6 Å². The summed E-state index contributed by atoms with van der Waals surface area (Å²) < 4.78 is 11.7. The number of anilines is 3. The molecule has 142 valence electrons. The molecule has 1 aromatic heterocycles. The number of aromatic nitrogens is 1. The Labute approximate surface area is 159 Å². The van der Waals surface area contributed by atoms with Gasteiger partial charge in [0.15, 0.2) is 0 Å². The second-order valence-electron chi connectivity index (χ2n) is 7.45. The number of rotatable bonds is 2. The summed E-state index contributed by atoms with van der Waals surface area (Å²) in [5.74, 6) is 2.42. The number of hydrogen-bond acceptors (Lipinski definition) is 6. The van der Waals surface area contributed by atoms with Crippen LogP contribution in [-0.2, 0) is 11.3 Å². The fraction of sp³-hybridized carbons (Fsp3) is 0.476.